The van der Waals surface area contributed by atoms with Crippen molar-refractivity contribution < 1.29 is 4.79 Å². The van der Waals surface area contributed by atoms with Crippen LogP contribution in [0.5, 0.6) is 0 Å². The summed E-state index contributed by atoms with van der Waals surface area (Å²) in [5.41, 5.74) is 2.37. The monoisotopic (exact) mass is 338 g/mol. The minimum Gasteiger partial charge on any atom is -0.354 e. The molecule has 1 aliphatic rings. The molecule has 1 aromatic carbocycles. The first-order valence-corrected chi connectivity index (χ1v) is 8.91. The summed E-state index contributed by atoms with van der Waals surface area (Å²) in [5, 5.41) is 3.01. The number of aromatic nitrogens is 1. The number of carbonyl (C=O) groups is 1. The predicted octanol–water partition coefficient (Wildman–Crippen LogP) is 2.22. The lowest BCUT2D eigenvalue weighted by atomic mass is 10.1. The number of hydrogen-bond donors (Lipinski definition) is 1. The van der Waals surface area contributed by atoms with Crippen LogP contribution >= 0.6 is 0 Å². The first-order valence-electron chi connectivity index (χ1n) is 8.91. The summed E-state index contributed by atoms with van der Waals surface area (Å²) in [5.74, 6) is 1.16. The van der Waals surface area contributed by atoms with Crippen LogP contribution in [0, 0.1) is 6.92 Å². The van der Waals surface area contributed by atoms with Gasteiger partial charge in [0.05, 0.1) is 0 Å². The van der Waals surface area contributed by atoms with Crippen LogP contribution in [0.2, 0.25) is 0 Å². The first kappa shape index (κ1) is 17.4. The molecule has 0 spiro atoms. The minimum absolute atomic E-state index is 0.119. The summed E-state index contributed by atoms with van der Waals surface area (Å²) in [6.07, 6.45) is 2.38. The van der Waals surface area contributed by atoms with Crippen molar-refractivity contribution in [3.63, 3.8) is 0 Å². The van der Waals surface area contributed by atoms with Gasteiger partial charge in [-0.05, 0) is 24.6 Å². The van der Waals surface area contributed by atoms with Crippen LogP contribution in [0.3, 0.4) is 0 Å². The lowest BCUT2D eigenvalue weighted by molar-refractivity contribution is -0.121. The highest BCUT2D eigenvalue weighted by Gasteiger charge is 2.18. The molecule has 1 aromatic heterocycles. The summed E-state index contributed by atoms with van der Waals surface area (Å²) in [6, 6.07) is 14.3. The minimum atomic E-state index is 0.119. The number of nitrogens with one attached hydrogen (secondary N) is 1. The number of hydrogen-bond acceptors (Lipinski definition) is 4. The van der Waals surface area contributed by atoms with Crippen molar-refractivity contribution in [3.05, 3.63) is 59.8 Å². The molecular weight excluding hydrogens is 312 g/mol. The summed E-state index contributed by atoms with van der Waals surface area (Å²) < 4.78 is 0. The van der Waals surface area contributed by atoms with Gasteiger partial charge in [-0.3, -0.25) is 9.69 Å². The first-order chi connectivity index (χ1) is 12.2. The van der Waals surface area contributed by atoms with Crippen molar-refractivity contribution in [2.75, 3.05) is 37.6 Å². The molecule has 3 rings (SSSR count). The number of benzene rings is 1. The van der Waals surface area contributed by atoms with Crippen molar-refractivity contribution >= 4 is 11.7 Å². The Morgan fingerprint density at radius 3 is 2.68 bits per heavy atom. The van der Waals surface area contributed by atoms with E-state index >= 15 is 0 Å². The Balaban J connectivity index is 1.36. The molecule has 5 heteroatoms. The number of amides is 1. The van der Waals surface area contributed by atoms with Crippen molar-refractivity contribution in [3.8, 4) is 0 Å². The quantitative estimate of drug-likeness (QED) is 0.877. The molecule has 132 valence electrons. The van der Waals surface area contributed by atoms with E-state index in [4.69, 9.17) is 0 Å². The van der Waals surface area contributed by atoms with Gasteiger partial charge in [0.25, 0.3) is 0 Å². The number of nitrogens with zero attached hydrogens (tertiary/aromatic N) is 3. The molecular formula is C20H26N4O. The van der Waals surface area contributed by atoms with E-state index in [1.807, 2.05) is 30.5 Å². The lowest BCUT2D eigenvalue weighted by Crippen LogP contribution is -2.47. The molecule has 1 fully saturated rings. The Bertz CT molecular complexity index is 681. The summed E-state index contributed by atoms with van der Waals surface area (Å²) in [6.45, 7) is 7.35. The Morgan fingerprint density at radius 2 is 1.96 bits per heavy atom. The van der Waals surface area contributed by atoms with Crippen molar-refractivity contribution in [1.82, 2.24) is 15.2 Å². The van der Waals surface area contributed by atoms with E-state index in [2.05, 4.69) is 45.2 Å². The van der Waals surface area contributed by atoms with Crippen LogP contribution in [-0.4, -0.2) is 48.5 Å². The fourth-order valence-corrected chi connectivity index (χ4v) is 3.11. The number of aryl methyl sites for hydroxylation is 1. The number of anilines is 1. The van der Waals surface area contributed by atoms with Gasteiger partial charge in [-0.1, -0.05) is 35.9 Å². The summed E-state index contributed by atoms with van der Waals surface area (Å²) >= 11 is 0. The second-order valence-corrected chi connectivity index (χ2v) is 6.53. The predicted molar refractivity (Wildman–Crippen MR) is 101 cm³/mol. The van der Waals surface area contributed by atoms with Crippen LogP contribution in [0.1, 0.15) is 17.5 Å². The summed E-state index contributed by atoms with van der Waals surface area (Å²) in [7, 11) is 0. The largest absolute Gasteiger partial charge is 0.354 e. The maximum atomic E-state index is 12.1. The van der Waals surface area contributed by atoms with E-state index in [1.165, 1.54) is 5.56 Å². The SMILES string of the molecule is Cc1cccc(CNC(=O)CCN2CCN(c3ccccn3)CC2)c1. The highest BCUT2D eigenvalue weighted by Crippen LogP contribution is 2.12. The van der Waals surface area contributed by atoms with Crippen LogP contribution in [0.4, 0.5) is 5.82 Å². The van der Waals surface area contributed by atoms with Crippen molar-refractivity contribution in [1.29, 1.82) is 0 Å². The third-order valence-electron chi connectivity index (χ3n) is 4.57. The van der Waals surface area contributed by atoms with Crippen LogP contribution in [0.15, 0.2) is 48.7 Å². The van der Waals surface area contributed by atoms with Gasteiger partial charge in [0.1, 0.15) is 5.82 Å². The lowest BCUT2D eigenvalue weighted by Gasteiger charge is -2.35. The van der Waals surface area contributed by atoms with E-state index in [0.29, 0.717) is 13.0 Å². The van der Waals surface area contributed by atoms with Gasteiger partial charge in [-0.25, -0.2) is 4.98 Å². The average molecular weight is 338 g/mol. The Kier molecular flexibility index (Phi) is 6.01. The molecule has 1 saturated heterocycles. The highest BCUT2D eigenvalue weighted by molar-refractivity contribution is 5.76. The molecule has 0 atom stereocenters. The van der Waals surface area contributed by atoms with Crippen molar-refractivity contribution in [2.45, 2.75) is 19.9 Å². The number of carbonyl (C=O) groups excluding carboxylic acids is 1. The van der Waals surface area contributed by atoms with Crippen LogP contribution in [-0.2, 0) is 11.3 Å². The zero-order chi connectivity index (χ0) is 17.5. The maximum Gasteiger partial charge on any atom is 0.221 e. The van der Waals surface area contributed by atoms with Crippen LogP contribution in [0.25, 0.3) is 0 Å². The fourth-order valence-electron chi connectivity index (χ4n) is 3.11. The molecule has 0 bridgehead atoms. The van der Waals surface area contributed by atoms with E-state index in [1.54, 1.807) is 0 Å². The van der Waals surface area contributed by atoms with E-state index in [9.17, 15) is 4.79 Å². The third kappa shape index (κ3) is 5.29. The van der Waals surface area contributed by atoms with Gasteiger partial charge in [0.15, 0.2) is 0 Å². The molecule has 25 heavy (non-hydrogen) atoms. The topological polar surface area (TPSA) is 48.5 Å². The molecule has 0 radical (unpaired) electrons. The normalized spacial score (nSPS) is 15.2. The summed E-state index contributed by atoms with van der Waals surface area (Å²) in [4.78, 5) is 21.1. The second-order valence-electron chi connectivity index (χ2n) is 6.53. The standard InChI is InChI=1S/C20H26N4O/c1-17-5-4-6-18(15-17)16-22-20(25)8-10-23-11-13-24(14-12-23)19-7-2-3-9-21-19/h2-7,9,15H,8,10-14,16H2,1H3,(H,22,25). The second kappa shape index (κ2) is 8.62. The zero-order valence-corrected chi connectivity index (χ0v) is 14.8. The molecule has 5 nitrogen and oxygen atoms in total. The van der Waals surface area contributed by atoms with E-state index < -0.39 is 0 Å². The molecule has 1 N–H and O–H groups in total. The molecule has 2 aromatic rings. The molecule has 0 saturated carbocycles. The van der Waals surface area contributed by atoms with E-state index in [-0.39, 0.29) is 5.91 Å². The van der Waals surface area contributed by atoms with Gasteiger partial charge in [-0.15, -0.1) is 0 Å². The highest BCUT2D eigenvalue weighted by atomic mass is 16.1. The van der Waals surface area contributed by atoms with Gasteiger partial charge < -0.3 is 10.2 Å². The number of rotatable bonds is 6. The van der Waals surface area contributed by atoms with Gasteiger partial charge >= 0.3 is 0 Å². The number of pyridine rings is 1. The van der Waals surface area contributed by atoms with Crippen molar-refractivity contribution in [2.24, 2.45) is 0 Å². The molecule has 0 unspecified atom stereocenters. The third-order valence-corrected chi connectivity index (χ3v) is 4.57. The smallest absolute Gasteiger partial charge is 0.221 e. The van der Waals surface area contributed by atoms with Gasteiger partial charge in [0, 0.05) is 51.9 Å². The fraction of sp³-hybridized carbons (Fsp3) is 0.400. The zero-order valence-electron chi connectivity index (χ0n) is 14.8. The Hall–Kier alpha value is -2.40. The Labute approximate surface area is 149 Å². The molecule has 2 heterocycles. The number of piperazine rings is 1. The molecule has 0 aliphatic carbocycles. The average Bonchev–Trinajstić information content (AvgIpc) is 2.66. The molecule has 1 amide bonds. The molecule has 1 aliphatic heterocycles. The van der Waals surface area contributed by atoms with Gasteiger partial charge in [-0.2, -0.15) is 0 Å². The van der Waals surface area contributed by atoms with Gasteiger partial charge in [0.2, 0.25) is 5.91 Å². The maximum absolute atomic E-state index is 12.1. The Morgan fingerprint density at radius 1 is 1.12 bits per heavy atom. The van der Waals surface area contributed by atoms with Crippen LogP contribution < -0.4 is 10.2 Å². The van der Waals surface area contributed by atoms with E-state index in [0.717, 1.165) is 44.1 Å².